The van der Waals surface area contributed by atoms with E-state index in [0.717, 1.165) is 17.0 Å². The van der Waals surface area contributed by atoms with Gasteiger partial charge in [-0.05, 0) is 19.4 Å². The van der Waals surface area contributed by atoms with Crippen molar-refractivity contribution >= 4 is 17.5 Å². The zero-order chi connectivity index (χ0) is 22.5. The normalized spacial score (nSPS) is 10.8. The highest BCUT2D eigenvalue weighted by Gasteiger charge is 2.18. The number of nitrogens with one attached hydrogen (secondary N) is 1. The third-order valence-corrected chi connectivity index (χ3v) is 4.93. The van der Waals surface area contributed by atoms with E-state index in [9.17, 15) is 0 Å². The number of hydrogen-bond donors (Lipinski definition) is 2. The van der Waals surface area contributed by atoms with E-state index < -0.39 is 0 Å². The molecule has 0 spiro atoms. The van der Waals surface area contributed by atoms with Crippen molar-refractivity contribution in [2.45, 2.75) is 20.4 Å². The van der Waals surface area contributed by atoms with E-state index in [2.05, 4.69) is 20.4 Å². The van der Waals surface area contributed by atoms with Gasteiger partial charge in [0, 0.05) is 31.1 Å². The van der Waals surface area contributed by atoms with E-state index in [0.29, 0.717) is 53.4 Å². The quantitative estimate of drug-likeness (QED) is 0.530. The molecule has 3 N–H and O–H groups in total. The minimum atomic E-state index is 0.339. The topological polar surface area (TPSA) is 119 Å². The molecule has 0 atom stereocenters. The van der Waals surface area contributed by atoms with Crippen LogP contribution in [0.4, 0.5) is 17.5 Å². The van der Waals surface area contributed by atoms with Gasteiger partial charge < -0.3 is 30.0 Å². The Morgan fingerprint density at radius 3 is 2.26 bits per heavy atom. The minimum absolute atomic E-state index is 0.339. The number of ether oxygens (including phenoxy) is 4. The highest BCUT2D eigenvalue weighted by atomic mass is 16.5. The van der Waals surface area contributed by atoms with Gasteiger partial charge in [0.05, 0.1) is 51.4 Å². The summed E-state index contributed by atoms with van der Waals surface area (Å²) >= 11 is 0. The molecule has 31 heavy (non-hydrogen) atoms. The van der Waals surface area contributed by atoms with Crippen LogP contribution < -0.4 is 25.3 Å². The standard InChI is InChI=1S/C21H28N6O4/c1-12-13(2)26-27(7-8-28-3)18(12)15-11-23-21(25-20(15)22)24-14-9-16(29-4)19(31-6)17(10-14)30-5/h9-11H,7-8H2,1-6H3,(H3,22,23,24,25). The second kappa shape index (κ2) is 9.52. The molecule has 2 heterocycles. The molecule has 3 aromatic rings. The molecular weight excluding hydrogens is 400 g/mol. The van der Waals surface area contributed by atoms with Crippen LogP contribution in [-0.4, -0.2) is 54.8 Å². The molecule has 0 saturated heterocycles. The number of nitrogens with zero attached hydrogens (tertiary/aromatic N) is 4. The summed E-state index contributed by atoms with van der Waals surface area (Å²) in [4.78, 5) is 8.89. The average Bonchev–Trinajstić information content (AvgIpc) is 3.05. The molecule has 3 rings (SSSR count). The molecule has 0 saturated carbocycles. The van der Waals surface area contributed by atoms with Crippen molar-refractivity contribution < 1.29 is 18.9 Å². The second-order valence-corrected chi connectivity index (χ2v) is 6.81. The molecule has 0 unspecified atom stereocenters. The van der Waals surface area contributed by atoms with Gasteiger partial charge in [0.25, 0.3) is 0 Å². The van der Waals surface area contributed by atoms with Crippen LogP contribution in [0.3, 0.4) is 0 Å². The summed E-state index contributed by atoms with van der Waals surface area (Å²) in [5.41, 5.74) is 10.5. The predicted octanol–water partition coefficient (Wildman–Crippen LogP) is 2.95. The van der Waals surface area contributed by atoms with Crippen molar-refractivity contribution in [3.05, 3.63) is 29.6 Å². The number of aromatic nitrogens is 4. The van der Waals surface area contributed by atoms with Gasteiger partial charge in [0.15, 0.2) is 11.5 Å². The Morgan fingerprint density at radius 2 is 1.71 bits per heavy atom. The summed E-state index contributed by atoms with van der Waals surface area (Å²) < 4.78 is 23.2. The van der Waals surface area contributed by atoms with E-state index in [1.54, 1.807) is 46.8 Å². The number of methoxy groups -OCH3 is 4. The van der Waals surface area contributed by atoms with Gasteiger partial charge >= 0.3 is 0 Å². The van der Waals surface area contributed by atoms with E-state index in [1.807, 2.05) is 18.5 Å². The van der Waals surface area contributed by atoms with Crippen molar-refractivity contribution in [3.63, 3.8) is 0 Å². The van der Waals surface area contributed by atoms with Crippen LogP contribution in [0.2, 0.25) is 0 Å². The Bertz CT molecular complexity index is 1040. The lowest BCUT2D eigenvalue weighted by atomic mass is 10.1. The first-order valence-corrected chi connectivity index (χ1v) is 9.66. The fourth-order valence-electron chi connectivity index (χ4n) is 3.27. The van der Waals surface area contributed by atoms with Crippen molar-refractivity contribution in [3.8, 4) is 28.5 Å². The van der Waals surface area contributed by atoms with Crippen molar-refractivity contribution in [2.24, 2.45) is 0 Å². The molecule has 0 aliphatic rings. The Balaban J connectivity index is 1.94. The number of benzene rings is 1. The second-order valence-electron chi connectivity index (χ2n) is 6.81. The average molecular weight is 428 g/mol. The minimum Gasteiger partial charge on any atom is -0.493 e. The molecule has 0 bridgehead atoms. The van der Waals surface area contributed by atoms with Crippen LogP contribution in [0.25, 0.3) is 11.3 Å². The Labute approximate surface area is 181 Å². The fraction of sp³-hybridized carbons (Fsp3) is 0.381. The number of nitrogen functional groups attached to an aromatic ring is 1. The molecule has 10 heteroatoms. The largest absolute Gasteiger partial charge is 0.493 e. The zero-order valence-corrected chi connectivity index (χ0v) is 18.6. The van der Waals surface area contributed by atoms with Crippen LogP contribution in [-0.2, 0) is 11.3 Å². The third-order valence-electron chi connectivity index (χ3n) is 4.93. The number of rotatable bonds is 9. The maximum absolute atomic E-state index is 6.31. The van der Waals surface area contributed by atoms with E-state index in [-0.39, 0.29) is 0 Å². The van der Waals surface area contributed by atoms with Gasteiger partial charge in [-0.25, -0.2) is 4.98 Å². The summed E-state index contributed by atoms with van der Waals surface area (Å²) in [6.07, 6.45) is 1.69. The van der Waals surface area contributed by atoms with Crippen LogP contribution in [0.5, 0.6) is 17.2 Å². The van der Waals surface area contributed by atoms with Gasteiger partial charge in [-0.2, -0.15) is 10.1 Å². The molecule has 10 nitrogen and oxygen atoms in total. The molecule has 0 aliphatic carbocycles. The highest BCUT2D eigenvalue weighted by Crippen LogP contribution is 2.40. The smallest absolute Gasteiger partial charge is 0.229 e. The lowest BCUT2D eigenvalue weighted by Crippen LogP contribution is -2.10. The van der Waals surface area contributed by atoms with Crippen molar-refractivity contribution in [1.82, 2.24) is 19.7 Å². The van der Waals surface area contributed by atoms with Crippen LogP contribution in [0.15, 0.2) is 18.3 Å². The first-order chi connectivity index (χ1) is 14.9. The lowest BCUT2D eigenvalue weighted by Gasteiger charge is -2.15. The first kappa shape index (κ1) is 22.2. The molecule has 0 amide bonds. The van der Waals surface area contributed by atoms with Gasteiger partial charge in [-0.15, -0.1) is 0 Å². The maximum Gasteiger partial charge on any atom is 0.229 e. The number of hydrogen-bond acceptors (Lipinski definition) is 9. The van der Waals surface area contributed by atoms with Crippen LogP contribution in [0, 0.1) is 13.8 Å². The van der Waals surface area contributed by atoms with Gasteiger partial charge in [-0.3, -0.25) is 4.68 Å². The first-order valence-electron chi connectivity index (χ1n) is 9.66. The number of anilines is 3. The highest BCUT2D eigenvalue weighted by molar-refractivity contribution is 5.75. The molecule has 1 aromatic carbocycles. The maximum atomic E-state index is 6.31. The Morgan fingerprint density at radius 1 is 1.03 bits per heavy atom. The number of aryl methyl sites for hydroxylation is 1. The summed E-state index contributed by atoms with van der Waals surface area (Å²) in [6.45, 7) is 5.10. The van der Waals surface area contributed by atoms with Gasteiger partial charge in [0.1, 0.15) is 5.82 Å². The van der Waals surface area contributed by atoms with E-state index in [1.165, 1.54) is 0 Å². The van der Waals surface area contributed by atoms with Crippen LogP contribution in [0.1, 0.15) is 11.3 Å². The molecule has 0 fully saturated rings. The molecular formula is C21H28N6O4. The third kappa shape index (κ3) is 4.48. The van der Waals surface area contributed by atoms with E-state index >= 15 is 0 Å². The predicted molar refractivity (Wildman–Crippen MR) is 118 cm³/mol. The molecule has 0 radical (unpaired) electrons. The van der Waals surface area contributed by atoms with Crippen molar-refractivity contribution in [1.29, 1.82) is 0 Å². The SMILES string of the molecule is COCCn1nc(C)c(C)c1-c1cnc(Nc2cc(OC)c(OC)c(OC)c2)nc1N. The lowest BCUT2D eigenvalue weighted by molar-refractivity contribution is 0.184. The van der Waals surface area contributed by atoms with Gasteiger partial charge in [-0.1, -0.05) is 0 Å². The Hall–Kier alpha value is -3.53. The molecule has 2 aromatic heterocycles. The summed E-state index contributed by atoms with van der Waals surface area (Å²) in [5.74, 6) is 2.21. The van der Waals surface area contributed by atoms with Crippen molar-refractivity contribution in [2.75, 3.05) is 46.1 Å². The van der Waals surface area contributed by atoms with E-state index in [4.69, 9.17) is 24.7 Å². The summed E-state index contributed by atoms with van der Waals surface area (Å²) in [6, 6.07) is 3.53. The molecule has 0 aliphatic heterocycles. The summed E-state index contributed by atoms with van der Waals surface area (Å²) in [7, 11) is 6.32. The number of nitrogens with two attached hydrogens (primary N) is 1. The monoisotopic (exact) mass is 428 g/mol. The molecule has 166 valence electrons. The summed E-state index contributed by atoms with van der Waals surface area (Å²) in [5, 5.41) is 7.71. The fourth-order valence-corrected chi connectivity index (χ4v) is 3.27. The Kier molecular flexibility index (Phi) is 6.81. The zero-order valence-electron chi connectivity index (χ0n) is 18.6. The van der Waals surface area contributed by atoms with Crippen LogP contribution >= 0.6 is 0 Å². The van der Waals surface area contributed by atoms with Gasteiger partial charge in [0.2, 0.25) is 11.7 Å².